The summed E-state index contributed by atoms with van der Waals surface area (Å²) in [5, 5.41) is 3.62. The van der Waals surface area contributed by atoms with Crippen LogP contribution in [0.2, 0.25) is 0 Å². The third-order valence-electron chi connectivity index (χ3n) is 6.60. The van der Waals surface area contributed by atoms with E-state index in [0.29, 0.717) is 6.04 Å². The van der Waals surface area contributed by atoms with Gasteiger partial charge < -0.3 is 10.1 Å². The lowest BCUT2D eigenvalue weighted by atomic mass is 9.62. The van der Waals surface area contributed by atoms with Crippen molar-refractivity contribution >= 4 is 11.7 Å². The van der Waals surface area contributed by atoms with E-state index < -0.39 is 0 Å². The van der Waals surface area contributed by atoms with Crippen molar-refractivity contribution in [3.63, 3.8) is 0 Å². The van der Waals surface area contributed by atoms with Crippen molar-refractivity contribution in [1.29, 1.82) is 0 Å². The molecule has 0 aromatic heterocycles. The fourth-order valence-corrected chi connectivity index (χ4v) is 5.61. The summed E-state index contributed by atoms with van der Waals surface area (Å²) in [5.74, 6) is 0.0135. The molecule has 4 nitrogen and oxygen atoms in total. The molecule has 24 heavy (non-hydrogen) atoms. The Morgan fingerprint density at radius 1 is 1.42 bits per heavy atom. The molecule has 2 saturated heterocycles. The molecular formula is C20H22N2O2. The zero-order valence-corrected chi connectivity index (χ0v) is 14.1. The van der Waals surface area contributed by atoms with Crippen LogP contribution in [0.5, 0.6) is 0 Å². The molecule has 1 aliphatic carbocycles. The van der Waals surface area contributed by atoms with Gasteiger partial charge in [-0.05, 0) is 31.4 Å². The molecular weight excluding hydrogens is 300 g/mol. The molecule has 0 radical (unpaired) electrons. The van der Waals surface area contributed by atoms with Crippen LogP contribution in [0.3, 0.4) is 0 Å². The first-order valence-corrected chi connectivity index (χ1v) is 8.79. The highest BCUT2D eigenvalue weighted by Gasteiger charge is 2.62. The Hall–Kier alpha value is -2.07. The highest BCUT2D eigenvalue weighted by Crippen LogP contribution is 2.61. The van der Waals surface area contributed by atoms with E-state index in [2.05, 4.69) is 47.5 Å². The number of allylic oxidation sites excluding steroid dienone is 1. The van der Waals surface area contributed by atoms with Gasteiger partial charge in [0.15, 0.2) is 0 Å². The summed E-state index contributed by atoms with van der Waals surface area (Å²) in [6.07, 6.45) is 4.28. The number of fused-ring (bicyclic) bond motifs is 2. The van der Waals surface area contributed by atoms with E-state index in [1.54, 1.807) is 0 Å². The number of carbonyl (C=O) groups excluding carboxylic acids is 1. The van der Waals surface area contributed by atoms with Crippen LogP contribution in [-0.4, -0.2) is 37.1 Å². The van der Waals surface area contributed by atoms with Gasteiger partial charge in [-0.15, -0.1) is 0 Å². The number of methoxy groups -OCH3 is 1. The maximum absolute atomic E-state index is 12.7. The van der Waals surface area contributed by atoms with Gasteiger partial charge in [-0.1, -0.05) is 29.8 Å². The van der Waals surface area contributed by atoms with Crippen LogP contribution in [0.25, 0.3) is 0 Å². The molecule has 3 heterocycles. The van der Waals surface area contributed by atoms with Gasteiger partial charge in [-0.3, -0.25) is 4.90 Å². The monoisotopic (exact) mass is 322 g/mol. The van der Waals surface area contributed by atoms with E-state index in [4.69, 9.17) is 4.74 Å². The van der Waals surface area contributed by atoms with Crippen LogP contribution in [0.15, 0.2) is 47.2 Å². The van der Waals surface area contributed by atoms with Gasteiger partial charge in [0.25, 0.3) is 0 Å². The van der Waals surface area contributed by atoms with E-state index in [9.17, 15) is 4.79 Å². The first-order valence-electron chi connectivity index (χ1n) is 8.79. The molecule has 1 unspecified atom stereocenters. The Morgan fingerprint density at radius 2 is 2.25 bits per heavy atom. The highest BCUT2D eigenvalue weighted by atomic mass is 16.5. The number of nitrogens with zero attached hydrogens (tertiary/aromatic N) is 1. The van der Waals surface area contributed by atoms with Crippen molar-refractivity contribution < 1.29 is 9.53 Å². The average molecular weight is 322 g/mol. The Balaban J connectivity index is 1.82. The third kappa shape index (κ3) is 1.50. The van der Waals surface area contributed by atoms with E-state index >= 15 is 0 Å². The molecule has 0 amide bonds. The number of hydrogen-bond donors (Lipinski definition) is 1. The Labute approximate surface area is 142 Å². The van der Waals surface area contributed by atoms with Crippen molar-refractivity contribution in [3.8, 4) is 0 Å². The van der Waals surface area contributed by atoms with Gasteiger partial charge in [0.05, 0.1) is 18.1 Å². The lowest BCUT2D eigenvalue weighted by Gasteiger charge is -2.48. The van der Waals surface area contributed by atoms with Gasteiger partial charge in [-0.25, -0.2) is 4.79 Å². The summed E-state index contributed by atoms with van der Waals surface area (Å²) in [6.45, 7) is 4.15. The second-order valence-corrected chi connectivity index (χ2v) is 7.31. The quantitative estimate of drug-likeness (QED) is 0.638. The molecule has 2 fully saturated rings. The Kier molecular flexibility index (Phi) is 2.82. The number of hydrogen-bond acceptors (Lipinski definition) is 4. The molecule has 2 bridgehead atoms. The second kappa shape index (κ2) is 4.73. The predicted molar refractivity (Wildman–Crippen MR) is 92.6 cm³/mol. The van der Waals surface area contributed by atoms with E-state index in [1.165, 1.54) is 18.2 Å². The SMILES string of the molecule is C/C=C1/CN2CCC34C(=C(C(=O)OC)[C@H]1C[C@H]23)Nc1ccccc14. The summed E-state index contributed by atoms with van der Waals surface area (Å²) in [6, 6.07) is 9.03. The van der Waals surface area contributed by atoms with Crippen LogP contribution in [0, 0.1) is 5.92 Å². The van der Waals surface area contributed by atoms with Crippen molar-refractivity contribution in [1.82, 2.24) is 4.90 Å². The number of esters is 1. The minimum Gasteiger partial charge on any atom is -0.466 e. The zero-order chi connectivity index (χ0) is 16.5. The van der Waals surface area contributed by atoms with E-state index in [1.807, 2.05) is 0 Å². The number of anilines is 1. The van der Waals surface area contributed by atoms with Gasteiger partial charge in [0.2, 0.25) is 0 Å². The van der Waals surface area contributed by atoms with E-state index in [0.717, 1.165) is 42.9 Å². The fraction of sp³-hybridized carbons (Fsp3) is 0.450. The van der Waals surface area contributed by atoms with Crippen molar-refractivity contribution in [2.75, 3.05) is 25.5 Å². The standard InChI is InChI=1S/C20H22N2O2/c1-3-12-11-22-9-8-20-14-6-4-5-7-15(14)21-18(20)17(19(23)24-2)13(12)10-16(20)22/h3-7,13,16,21H,8-11H2,1-2H3/b12-3-/t13-,16-,20?/m0/s1. The predicted octanol–water partition coefficient (Wildman–Crippen LogP) is 2.83. The molecule has 4 aliphatic rings. The summed E-state index contributed by atoms with van der Waals surface area (Å²) in [7, 11) is 1.50. The smallest absolute Gasteiger partial charge is 0.336 e. The Morgan fingerprint density at radius 3 is 3.04 bits per heavy atom. The van der Waals surface area contributed by atoms with Crippen LogP contribution >= 0.6 is 0 Å². The number of ether oxygens (including phenoxy) is 1. The number of piperidine rings is 1. The molecule has 3 aliphatic heterocycles. The first kappa shape index (κ1) is 14.3. The molecule has 124 valence electrons. The molecule has 0 saturated carbocycles. The molecule has 1 spiro atoms. The zero-order valence-electron chi connectivity index (χ0n) is 14.1. The number of carbonyl (C=O) groups is 1. The summed E-state index contributed by atoms with van der Waals surface area (Å²) in [4.78, 5) is 15.3. The minimum atomic E-state index is -0.173. The number of para-hydroxylation sites is 1. The minimum absolute atomic E-state index is 0.0596. The molecule has 1 N–H and O–H groups in total. The number of rotatable bonds is 1. The third-order valence-corrected chi connectivity index (χ3v) is 6.60. The molecule has 4 heteroatoms. The molecule has 1 aromatic carbocycles. The highest BCUT2D eigenvalue weighted by molar-refractivity contribution is 5.94. The summed E-state index contributed by atoms with van der Waals surface area (Å²) < 4.78 is 5.21. The number of nitrogens with one attached hydrogen (secondary N) is 1. The molecule has 3 atom stereocenters. The maximum Gasteiger partial charge on any atom is 0.336 e. The van der Waals surface area contributed by atoms with Gasteiger partial charge >= 0.3 is 5.97 Å². The summed E-state index contributed by atoms with van der Waals surface area (Å²) >= 11 is 0. The summed E-state index contributed by atoms with van der Waals surface area (Å²) in [5.41, 5.74) is 5.78. The van der Waals surface area contributed by atoms with Gasteiger partial charge in [0, 0.05) is 36.4 Å². The lowest BCUT2D eigenvalue weighted by molar-refractivity contribution is -0.137. The van der Waals surface area contributed by atoms with Gasteiger partial charge in [-0.2, -0.15) is 0 Å². The van der Waals surface area contributed by atoms with Crippen molar-refractivity contribution in [2.45, 2.75) is 31.2 Å². The second-order valence-electron chi connectivity index (χ2n) is 7.31. The van der Waals surface area contributed by atoms with Crippen LogP contribution < -0.4 is 5.32 Å². The van der Waals surface area contributed by atoms with Crippen LogP contribution in [0.1, 0.15) is 25.3 Å². The van der Waals surface area contributed by atoms with Gasteiger partial charge in [0.1, 0.15) is 0 Å². The largest absolute Gasteiger partial charge is 0.466 e. The topological polar surface area (TPSA) is 41.6 Å². The lowest BCUT2D eigenvalue weighted by Crippen LogP contribution is -2.53. The van der Waals surface area contributed by atoms with Crippen LogP contribution in [0.4, 0.5) is 5.69 Å². The van der Waals surface area contributed by atoms with E-state index in [-0.39, 0.29) is 17.3 Å². The van der Waals surface area contributed by atoms with Crippen molar-refractivity contribution in [2.24, 2.45) is 5.92 Å². The molecule has 5 rings (SSSR count). The first-order chi connectivity index (χ1) is 11.7. The number of benzene rings is 1. The maximum atomic E-state index is 12.7. The van der Waals surface area contributed by atoms with Crippen LogP contribution in [-0.2, 0) is 14.9 Å². The normalized spacial score (nSPS) is 34.8. The Bertz CT molecular complexity index is 810. The van der Waals surface area contributed by atoms with Crippen molar-refractivity contribution in [3.05, 3.63) is 52.7 Å². The fourth-order valence-electron chi connectivity index (χ4n) is 5.61. The average Bonchev–Trinajstić information content (AvgIpc) is 3.17. The molecule has 1 aromatic rings.